The Morgan fingerprint density at radius 1 is 1.52 bits per heavy atom. The van der Waals surface area contributed by atoms with Crippen LogP contribution in [-0.4, -0.2) is 47.9 Å². The smallest absolute Gasteiger partial charge is 0.388 e. The van der Waals surface area contributed by atoms with Crippen molar-refractivity contribution in [3.63, 3.8) is 0 Å². The average Bonchev–Trinajstić information content (AvgIpc) is 2.80. The summed E-state index contributed by atoms with van der Waals surface area (Å²) >= 11 is 0. The van der Waals surface area contributed by atoms with Gasteiger partial charge in [-0.1, -0.05) is 5.92 Å². The normalized spacial score (nSPS) is 29.5. The predicted octanol–water partition coefficient (Wildman–Crippen LogP) is -1.31. The van der Waals surface area contributed by atoms with Crippen LogP contribution in [0.5, 0.6) is 0 Å². The molecule has 2 rings (SSSR count). The fourth-order valence-corrected chi connectivity index (χ4v) is 3.51. The summed E-state index contributed by atoms with van der Waals surface area (Å²) in [7, 11) is -11.5. The molecule has 0 amide bonds. The van der Waals surface area contributed by atoms with Gasteiger partial charge in [0.05, 0.1) is 2.74 Å². The lowest BCUT2D eigenvalue weighted by atomic mass is 10.2. The summed E-state index contributed by atoms with van der Waals surface area (Å²) in [5, 5.41) is 10.0. The first-order chi connectivity index (χ1) is 13.0. The van der Waals surface area contributed by atoms with Crippen molar-refractivity contribution in [3.05, 3.63) is 32.6 Å². The lowest BCUT2D eigenvalue weighted by molar-refractivity contribution is -0.178. The van der Waals surface area contributed by atoms with E-state index >= 15 is 4.39 Å². The summed E-state index contributed by atoms with van der Waals surface area (Å²) < 4.78 is 64.5. The molecule has 0 aromatic carbocycles. The SMILES string of the molecule is [2H]C([2H])(OP(=O)(O)OP(=O)(O)O)[C@]1(F)C[C@@H](O)[C@H](n2cc(C#C)c(=O)[nH]c2=O)O1. The number of halogens is 1. The van der Waals surface area contributed by atoms with Crippen molar-refractivity contribution in [2.75, 3.05) is 6.56 Å². The number of hydrogen-bond acceptors (Lipinski definition) is 8. The van der Waals surface area contributed by atoms with Crippen LogP contribution >= 0.6 is 15.6 Å². The quantitative estimate of drug-likeness (QED) is 0.264. The molecule has 1 aromatic rings. The largest absolute Gasteiger partial charge is 0.481 e. The molecule has 1 saturated heterocycles. The Bertz CT molecular complexity index is 1060. The number of rotatable bonds is 6. The number of terminal acetylenes is 1. The van der Waals surface area contributed by atoms with Crippen LogP contribution in [-0.2, 0) is 22.7 Å². The van der Waals surface area contributed by atoms with Crippen LogP contribution < -0.4 is 11.2 Å². The van der Waals surface area contributed by atoms with Crippen LogP contribution in [0, 0.1) is 12.3 Å². The molecular weight excluding hydrogens is 417 g/mol. The van der Waals surface area contributed by atoms with Gasteiger partial charge in [0.15, 0.2) is 6.23 Å². The van der Waals surface area contributed by atoms with Gasteiger partial charge in [-0.25, -0.2) is 18.3 Å². The van der Waals surface area contributed by atoms with E-state index in [1.54, 1.807) is 4.98 Å². The number of aromatic amines is 1. The second-order valence-corrected chi connectivity index (χ2v) is 7.85. The summed E-state index contributed by atoms with van der Waals surface area (Å²) in [4.78, 5) is 51.4. The zero-order valence-corrected chi connectivity index (χ0v) is 14.7. The molecule has 0 saturated carbocycles. The minimum Gasteiger partial charge on any atom is -0.388 e. The van der Waals surface area contributed by atoms with Gasteiger partial charge in [0.25, 0.3) is 5.56 Å². The van der Waals surface area contributed by atoms with Crippen LogP contribution in [0.15, 0.2) is 15.8 Å². The van der Waals surface area contributed by atoms with Crippen LogP contribution in [0.4, 0.5) is 4.39 Å². The number of aliphatic hydroxyl groups excluding tert-OH is 1. The first kappa shape index (κ1) is 18.7. The third-order valence-electron chi connectivity index (χ3n) is 3.03. The van der Waals surface area contributed by atoms with Gasteiger partial charge >= 0.3 is 21.3 Å². The molecule has 27 heavy (non-hydrogen) atoms. The minimum atomic E-state index is -5.85. The number of hydrogen-bond donors (Lipinski definition) is 5. The number of H-pyrrole nitrogens is 1. The van der Waals surface area contributed by atoms with E-state index in [9.17, 15) is 28.7 Å². The zero-order chi connectivity index (χ0) is 22.4. The molecule has 1 aromatic heterocycles. The highest BCUT2D eigenvalue weighted by molar-refractivity contribution is 7.60. The van der Waals surface area contributed by atoms with E-state index in [0.29, 0.717) is 4.57 Å². The number of aromatic nitrogens is 2. The Morgan fingerprint density at radius 3 is 2.70 bits per heavy atom. The molecule has 0 radical (unpaired) electrons. The highest BCUT2D eigenvalue weighted by Gasteiger charge is 2.50. The van der Waals surface area contributed by atoms with E-state index in [1.807, 2.05) is 5.92 Å². The van der Waals surface area contributed by atoms with Gasteiger partial charge in [-0.15, -0.1) is 6.42 Å². The van der Waals surface area contributed by atoms with Gasteiger partial charge in [0.2, 0.25) is 5.85 Å². The highest BCUT2D eigenvalue weighted by atomic mass is 31.3. The molecule has 150 valence electrons. The van der Waals surface area contributed by atoms with Crippen molar-refractivity contribution in [2.24, 2.45) is 0 Å². The van der Waals surface area contributed by atoms with Crippen LogP contribution in [0.25, 0.3) is 0 Å². The van der Waals surface area contributed by atoms with Crippen molar-refractivity contribution >= 4 is 15.6 Å². The summed E-state index contributed by atoms with van der Waals surface area (Å²) in [6.45, 7) is -3.91. The number of alkyl halides is 1. The van der Waals surface area contributed by atoms with E-state index in [2.05, 4.69) is 13.6 Å². The van der Waals surface area contributed by atoms with E-state index in [4.69, 9.17) is 19.0 Å². The minimum absolute atomic E-state index is 0.411. The lowest BCUT2D eigenvalue weighted by Crippen LogP contribution is -2.37. The molecule has 5 N–H and O–H groups in total. The standard InChI is InChI=1S/C11H13FN2O11P2/c1-2-6-4-14(10(17)13-8(6)16)9-7(15)3-11(12,24-9)5-23-27(21,22)25-26(18,19)20/h1,4,7,9,15H,3,5H2,(H,21,22)(H,13,16,17)(H2,18,19,20)/t7-,9-,11+/m1/s1/i5D2. The van der Waals surface area contributed by atoms with Gasteiger partial charge in [0.1, 0.15) is 18.2 Å². The van der Waals surface area contributed by atoms with Crippen LogP contribution in [0.2, 0.25) is 0 Å². The molecule has 1 aliphatic heterocycles. The maximum absolute atomic E-state index is 15.0. The fraction of sp³-hybridized carbons (Fsp3) is 0.455. The Hall–Kier alpha value is -1.65. The Morgan fingerprint density at radius 2 is 2.15 bits per heavy atom. The van der Waals surface area contributed by atoms with Crippen molar-refractivity contribution in [1.29, 1.82) is 0 Å². The van der Waals surface area contributed by atoms with Gasteiger partial charge in [-0.2, -0.15) is 4.31 Å². The molecule has 13 nitrogen and oxygen atoms in total. The second-order valence-electron chi connectivity index (χ2n) is 5.10. The number of aliphatic hydroxyl groups is 1. The summed E-state index contributed by atoms with van der Waals surface area (Å²) in [5.74, 6) is -1.80. The number of phosphoric acid groups is 2. The molecule has 4 atom stereocenters. The number of nitrogens with one attached hydrogen (secondary N) is 1. The van der Waals surface area contributed by atoms with Gasteiger partial charge < -0.3 is 24.5 Å². The van der Waals surface area contributed by atoms with E-state index in [0.717, 1.165) is 6.20 Å². The van der Waals surface area contributed by atoms with Crippen molar-refractivity contribution < 1.29 is 49.6 Å². The highest BCUT2D eigenvalue weighted by Crippen LogP contribution is 2.58. The number of ether oxygens (including phenoxy) is 1. The van der Waals surface area contributed by atoms with Gasteiger partial charge in [-0.3, -0.25) is 18.9 Å². The van der Waals surface area contributed by atoms with Crippen molar-refractivity contribution in [2.45, 2.75) is 24.6 Å². The summed E-state index contributed by atoms with van der Waals surface area (Å²) in [5.41, 5.74) is -2.59. The third kappa shape index (κ3) is 5.43. The molecule has 1 unspecified atom stereocenters. The van der Waals surface area contributed by atoms with Gasteiger partial charge in [0, 0.05) is 12.6 Å². The number of nitrogens with zero attached hydrogens (tertiary/aromatic N) is 1. The molecular formula is C11H13FN2O11P2. The molecule has 1 fully saturated rings. The third-order valence-corrected chi connectivity index (χ3v) is 5.03. The maximum Gasteiger partial charge on any atom is 0.481 e. The van der Waals surface area contributed by atoms with Crippen LogP contribution in [0.3, 0.4) is 0 Å². The topological polar surface area (TPSA) is 198 Å². The number of phosphoric ester groups is 1. The first-order valence-corrected chi connectivity index (χ1v) is 9.70. The lowest BCUT2D eigenvalue weighted by Gasteiger charge is -2.22. The Labute approximate surface area is 152 Å². The molecule has 0 bridgehead atoms. The molecule has 16 heteroatoms. The van der Waals surface area contributed by atoms with Crippen molar-refractivity contribution in [3.8, 4) is 12.3 Å². The van der Waals surface area contributed by atoms with E-state index in [-0.39, 0.29) is 0 Å². The van der Waals surface area contributed by atoms with E-state index < -0.39 is 63.6 Å². The molecule has 1 aliphatic rings. The van der Waals surface area contributed by atoms with Gasteiger partial charge in [-0.05, 0) is 0 Å². The van der Waals surface area contributed by atoms with E-state index in [1.165, 1.54) is 0 Å². The molecule has 2 heterocycles. The molecule has 0 spiro atoms. The maximum atomic E-state index is 15.0. The Balaban J connectivity index is 2.37. The summed E-state index contributed by atoms with van der Waals surface area (Å²) in [6, 6.07) is 0. The average molecular weight is 432 g/mol. The summed E-state index contributed by atoms with van der Waals surface area (Å²) in [6.07, 6.45) is 0.615. The Kier molecular flexibility index (Phi) is 5.13. The monoisotopic (exact) mass is 432 g/mol. The van der Waals surface area contributed by atoms with Crippen LogP contribution in [0.1, 0.15) is 21.0 Å². The zero-order valence-electron chi connectivity index (χ0n) is 14.9. The fourth-order valence-electron chi connectivity index (χ4n) is 2.05. The first-order valence-electron chi connectivity index (χ1n) is 7.67. The predicted molar refractivity (Wildman–Crippen MR) is 82.7 cm³/mol. The second kappa shape index (κ2) is 7.40. The molecule has 0 aliphatic carbocycles. The van der Waals surface area contributed by atoms with Crippen molar-refractivity contribution in [1.82, 2.24) is 9.55 Å².